The van der Waals surface area contributed by atoms with Crippen LogP contribution in [0.1, 0.15) is 26.7 Å². The first-order valence-corrected chi connectivity index (χ1v) is 8.77. The maximum Gasteiger partial charge on any atom is 0.241 e. The first-order chi connectivity index (χ1) is 10.4. The van der Waals surface area contributed by atoms with Gasteiger partial charge in [0.15, 0.2) is 0 Å². The number of fused-ring (bicyclic) bond motifs is 1. The molecule has 1 aromatic carbocycles. The summed E-state index contributed by atoms with van der Waals surface area (Å²) in [6.45, 7) is 4.36. The van der Waals surface area contributed by atoms with Crippen molar-refractivity contribution in [2.75, 3.05) is 13.2 Å². The molecule has 0 aliphatic carbocycles. The fourth-order valence-electron chi connectivity index (χ4n) is 2.26. The Morgan fingerprint density at radius 1 is 1.27 bits per heavy atom. The van der Waals surface area contributed by atoms with Gasteiger partial charge in [-0.05, 0) is 30.4 Å². The number of nitrogens with zero attached hydrogens (tertiary/aromatic N) is 1. The Labute approximate surface area is 131 Å². The number of hydrogen-bond donors (Lipinski definition) is 2. The average Bonchev–Trinajstić information content (AvgIpc) is 2.51. The summed E-state index contributed by atoms with van der Waals surface area (Å²) < 4.78 is 27.6. The Hall–Kier alpha value is -1.50. The maximum absolute atomic E-state index is 12.5. The predicted molar refractivity (Wildman–Crippen MR) is 87.0 cm³/mol. The van der Waals surface area contributed by atoms with Gasteiger partial charge in [0.05, 0.1) is 4.90 Å². The fourth-order valence-corrected chi connectivity index (χ4v) is 3.56. The van der Waals surface area contributed by atoms with E-state index in [1.807, 2.05) is 19.9 Å². The van der Waals surface area contributed by atoms with Gasteiger partial charge >= 0.3 is 0 Å². The molecule has 0 aliphatic rings. The van der Waals surface area contributed by atoms with E-state index in [1.165, 1.54) is 0 Å². The van der Waals surface area contributed by atoms with E-state index in [4.69, 9.17) is 0 Å². The Balaban J connectivity index is 2.10. The summed E-state index contributed by atoms with van der Waals surface area (Å²) in [4.78, 5) is 4.28. The number of aliphatic hydroxyl groups is 1. The minimum atomic E-state index is -3.55. The molecular formula is C16H22N2O3S. The van der Waals surface area contributed by atoms with E-state index in [1.54, 1.807) is 30.6 Å². The minimum Gasteiger partial charge on any atom is -0.396 e. The molecule has 2 N–H and O–H groups in total. The molecular weight excluding hydrogens is 300 g/mol. The number of aromatic nitrogens is 1. The molecule has 0 spiro atoms. The number of sulfonamides is 1. The number of rotatable bonds is 7. The van der Waals surface area contributed by atoms with Crippen LogP contribution in [0.25, 0.3) is 10.8 Å². The van der Waals surface area contributed by atoms with Crippen LogP contribution in [0.15, 0.2) is 41.6 Å². The van der Waals surface area contributed by atoms with E-state index in [0.717, 1.165) is 11.8 Å². The van der Waals surface area contributed by atoms with Crippen molar-refractivity contribution in [1.82, 2.24) is 9.71 Å². The van der Waals surface area contributed by atoms with Gasteiger partial charge in [0.2, 0.25) is 10.0 Å². The third kappa shape index (κ3) is 4.03. The smallest absolute Gasteiger partial charge is 0.241 e. The number of pyridine rings is 1. The van der Waals surface area contributed by atoms with Crippen molar-refractivity contribution in [2.45, 2.75) is 31.6 Å². The van der Waals surface area contributed by atoms with Gasteiger partial charge in [0.1, 0.15) is 0 Å². The number of benzene rings is 1. The molecule has 5 nitrogen and oxygen atoms in total. The zero-order valence-corrected chi connectivity index (χ0v) is 13.7. The van der Waals surface area contributed by atoms with Crippen LogP contribution in [-0.2, 0) is 10.0 Å². The van der Waals surface area contributed by atoms with Crippen LogP contribution in [0.4, 0.5) is 0 Å². The molecule has 22 heavy (non-hydrogen) atoms. The number of hydrogen-bond acceptors (Lipinski definition) is 4. The van der Waals surface area contributed by atoms with Gasteiger partial charge in [0.25, 0.3) is 0 Å². The third-order valence-electron chi connectivity index (χ3n) is 3.68. The normalized spacial score (nSPS) is 12.7. The van der Waals surface area contributed by atoms with E-state index >= 15 is 0 Å². The van der Waals surface area contributed by atoms with Crippen LogP contribution in [0.3, 0.4) is 0 Å². The van der Waals surface area contributed by atoms with Gasteiger partial charge in [0, 0.05) is 36.3 Å². The summed E-state index contributed by atoms with van der Waals surface area (Å²) in [5.41, 5.74) is -0.184. The minimum absolute atomic E-state index is 0.0933. The van der Waals surface area contributed by atoms with Gasteiger partial charge in [-0.2, -0.15) is 0 Å². The molecule has 0 saturated carbocycles. The van der Waals surface area contributed by atoms with Crippen molar-refractivity contribution in [2.24, 2.45) is 5.41 Å². The van der Waals surface area contributed by atoms with Crippen molar-refractivity contribution >= 4 is 20.8 Å². The van der Waals surface area contributed by atoms with Gasteiger partial charge in [-0.15, -0.1) is 0 Å². The highest BCUT2D eigenvalue weighted by molar-refractivity contribution is 7.89. The molecule has 0 saturated heterocycles. The lowest BCUT2D eigenvalue weighted by atomic mass is 9.89. The first kappa shape index (κ1) is 16.9. The van der Waals surface area contributed by atoms with E-state index in [-0.39, 0.29) is 16.9 Å². The van der Waals surface area contributed by atoms with E-state index in [0.29, 0.717) is 18.4 Å². The van der Waals surface area contributed by atoms with Gasteiger partial charge in [-0.3, -0.25) is 4.98 Å². The molecule has 0 amide bonds. The molecule has 120 valence electrons. The van der Waals surface area contributed by atoms with Crippen LogP contribution < -0.4 is 4.72 Å². The van der Waals surface area contributed by atoms with Crippen LogP contribution in [0.2, 0.25) is 0 Å². The Bertz CT molecular complexity index is 737. The highest BCUT2D eigenvalue weighted by Gasteiger charge is 2.19. The van der Waals surface area contributed by atoms with Crippen LogP contribution in [0, 0.1) is 5.41 Å². The number of nitrogens with one attached hydrogen (secondary N) is 1. The number of aliphatic hydroxyl groups excluding tert-OH is 1. The Kier molecular flexibility index (Phi) is 5.16. The summed E-state index contributed by atoms with van der Waals surface area (Å²) in [6, 6.07) is 6.86. The van der Waals surface area contributed by atoms with Gasteiger partial charge < -0.3 is 5.11 Å². The standard InChI is InChI=1S/C16H22N2O3S/c1-16(2,12-19)8-4-9-18-22(20,21)15-6-3-5-13-11-17-10-7-14(13)15/h3,5-7,10-11,18-19H,4,8-9,12H2,1-2H3. The fraction of sp³-hybridized carbons (Fsp3) is 0.438. The lowest BCUT2D eigenvalue weighted by molar-refractivity contribution is 0.148. The van der Waals surface area contributed by atoms with Crippen LogP contribution >= 0.6 is 0 Å². The molecule has 0 bridgehead atoms. The largest absolute Gasteiger partial charge is 0.396 e. The zero-order chi connectivity index (χ0) is 16.2. The monoisotopic (exact) mass is 322 g/mol. The topological polar surface area (TPSA) is 79.3 Å². The summed E-state index contributed by atoms with van der Waals surface area (Å²) in [5.74, 6) is 0. The molecule has 0 atom stereocenters. The molecule has 0 unspecified atom stereocenters. The average molecular weight is 322 g/mol. The SMILES string of the molecule is CC(C)(CO)CCCNS(=O)(=O)c1cccc2cnccc12. The molecule has 0 fully saturated rings. The predicted octanol–water partition coefficient (Wildman–Crippen LogP) is 2.31. The summed E-state index contributed by atoms with van der Waals surface area (Å²) in [5, 5.41) is 10.7. The second-order valence-corrected chi connectivity index (χ2v) is 7.91. The third-order valence-corrected chi connectivity index (χ3v) is 5.20. The highest BCUT2D eigenvalue weighted by Crippen LogP contribution is 2.23. The molecule has 1 aromatic heterocycles. The first-order valence-electron chi connectivity index (χ1n) is 7.29. The lowest BCUT2D eigenvalue weighted by Crippen LogP contribution is -2.26. The van der Waals surface area contributed by atoms with Crippen LogP contribution in [0.5, 0.6) is 0 Å². The van der Waals surface area contributed by atoms with Crippen molar-refractivity contribution < 1.29 is 13.5 Å². The Morgan fingerprint density at radius 3 is 2.77 bits per heavy atom. The highest BCUT2D eigenvalue weighted by atomic mass is 32.2. The quantitative estimate of drug-likeness (QED) is 0.767. The van der Waals surface area contributed by atoms with Gasteiger partial charge in [-0.25, -0.2) is 13.1 Å². The molecule has 6 heteroatoms. The van der Waals surface area contributed by atoms with E-state index in [2.05, 4.69) is 9.71 Å². The maximum atomic E-state index is 12.5. The molecule has 0 radical (unpaired) electrons. The zero-order valence-electron chi connectivity index (χ0n) is 12.9. The lowest BCUT2D eigenvalue weighted by Gasteiger charge is -2.21. The molecule has 2 aromatic rings. The second kappa shape index (κ2) is 6.73. The Morgan fingerprint density at radius 2 is 2.05 bits per heavy atom. The van der Waals surface area contributed by atoms with Gasteiger partial charge in [-0.1, -0.05) is 26.0 Å². The van der Waals surface area contributed by atoms with Crippen LogP contribution in [-0.4, -0.2) is 31.7 Å². The van der Waals surface area contributed by atoms with E-state index < -0.39 is 10.0 Å². The van der Waals surface area contributed by atoms with Crippen molar-refractivity contribution in [3.05, 3.63) is 36.7 Å². The summed E-state index contributed by atoms with van der Waals surface area (Å²) in [6.07, 6.45) is 4.67. The molecule has 0 aliphatic heterocycles. The van der Waals surface area contributed by atoms with Crippen molar-refractivity contribution in [3.8, 4) is 0 Å². The van der Waals surface area contributed by atoms with E-state index in [9.17, 15) is 13.5 Å². The summed E-state index contributed by atoms with van der Waals surface area (Å²) in [7, 11) is -3.55. The van der Waals surface area contributed by atoms with Crippen molar-refractivity contribution in [3.63, 3.8) is 0 Å². The molecule has 2 rings (SSSR count). The summed E-state index contributed by atoms with van der Waals surface area (Å²) >= 11 is 0. The second-order valence-electron chi connectivity index (χ2n) is 6.18. The van der Waals surface area contributed by atoms with Crippen molar-refractivity contribution in [1.29, 1.82) is 0 Å². The molecule has 1 heterocycles.